The van der Waals surface area contributed by atoms with E-state index in [-0.39, 0.29) is 12.5 Å². The van der Waals surface area contributed by atoms with Crippen LogP contribution in [0.5, 0.6) is 11.5 Å². The van der Waals surface area contributed by atoms with Crippen molar-refractivity contribution in [2.75, 3.05) is 6.54 Å². The molecule has 1 amide bonds. The molecule has 0 spiro atoms. The quantitative estimate of drug-likeness (QED) is 0.818. The maximum absolute atomic E-state index is 12.5. The molecule has 1 aliphatic heterocycles. The molecule has 2 aromatic carbocycles. The topological polar surface area (TPSA) is 84.9 Å². The van der Waals surface area contributed by atoms with E-state index < -0.39 is 24.1 Å². The van der Waals surface area contributed by atoms with Crippen LogP contribution in [0.25, 0.3) is 0 Å². The third-order valence-electron chi connectivity index (χ3n) is 4.54. The van der Waals surface area contributed by atoms with E-state index in [2.05, 4.69) is 5.32 Å². The Balaban J connectivity index is 1.62. The molecular formula is C21H23NO5. The Morgan fingerprint density at radius 3 is 2.48 bits per heavy atom. The minimum atomic E-state index is -0.948. The second-order valence-corrected chi connectivity index (χ2v) is 6.78. The van der Waals surface area contributed by atoms with Crippen molar-refractivity contribution in [1.82, 2.24) is 5.32 Å². The summed E-state index contributed by atoms with van der Waals surface area (Å²) in [5, 5.41) is 12.2. The predicted octanol–water partition coefficient (Wildman–Crippen LogP) is 2.58. The Morgan fingerprint density at radius 1 is 1.11 bits per heavy atom. The molecule has 1 heterocycles. The van der Waals surface area contributed by atoms with Gasteiger partial charge in [0.2, 0.25) is 6.10 Å². The number of ether oxygens (including phenoxy) is 2. The predicted molar refractivity (Wildman–Crippen MR) is 100.0 cm³/mol. The maximum Gasteiger partial charge on any atom is 0.308 e. The zero-order chi connectivity index (χ0) is 19.4. The monoisotopic (exact) mass is 369 g/mol. The molecule has 3 atom stereocenters. The fraction of sp³-hybridized carbons (Fsp3) is 0.333. The van der Waals surface area contributed by atoms with Crippen molar-refractivity contribution in [3.63, 3.8) is 0 Å². The van der Waals surface area contributed by atoms with Gasteiger partial charge in [0.1, 0.15) is 6.10 Å². The van der Waals surface area contributed by atoms with Crippen molar-refractivity contribution in [3.05, 3.63) is 59.7 Å². The van der Waals surface area contributed by atoms with Crippen LogP contribution in [0.2, 0.25) is 0 Å². The smallest absolute Gasteiger partial charge is 0.308 e. The highest BCUT2D eigenvalue weighted by atomic mass is 16.6. The van der Waals surface area contributed by atoms with Crippen molar-refractivity contribution in [1.29, 1.82) is 0 Å². The van der Waals surface area contributed by atoms with E-state index in [0.29, 0.717) is 17.9 Å². The molecule has 0 radical (unpaired) electrons. The number of carboxylic acid groups (broad SMARTS) is 1. The fourth-order valence-electron chi connectivity index (χ4n) is 3.10. The molecule has 0 saturated carbocycles. The van der Waals surface area contributed by atoms with E-state index in [1.54, 1.807) is 25.1 Å². The van der Waals surface area contributed by atoms with Crippen LogP contribution in [-0.2, 0) is 16.0 Å². The highest BCUT2D eigenvalue weighted by Gasteiger charge is 2.34. The summed E-state index contributed by atoms with van der Waals surface area (Å²) in [6.45, 7) is 3.73. The highest BCUT2D eigenvalue weighted by molar-refractivity contribution is 5.83. The Bertz CT molecular complexity index is 835. The van der Waals surface area contributed by atoms with Crippen molar-refractivity contribution in [2.24, 2.45) is 5.92 Å². The minimum Gasteiger partial charge on any atom is -0.482 e. The maximum atomic E-state index is 12.5. The third-order valence-corrected chi connectivity index (χ3v) is 4.54. The van der Waals surface area contributed by atoms with Crippen LogP contribution in [0, 0.1) is 12.8 Å². The van der Waals surface area contributed by atoms with Crippen LogP contribution in [-0.4, -0.2) is 35.7 Å². The zero-order valence-electron chi connectivity index (χ0n) is 15.3. The van der Waals surface area contributed by atoms with Gasteiger partial charge in [-0.25, -0.2) is 0 Å². The summed E-state index contributed by atoms with van der Waals surface area (Å²) in [4.78, 5) is 24.1. The van der Waals surface area contributed by atoms with Gasteiger partial charge in [-0.15, -0.1) is 0 Å². The molecule has 3 rings (SSSR count). The first kappa shape index (κ1) is 18.8. The Morgan fingerprint density at radius 2 is 1.81 bits per heavy atom. The number of carbonyl (C=O) groups excluding carboxylic acids is 1. The van der Waals surface area contributed by atoms with Gasteiger partial charge in [-0.05, 0) is 38.0 Å². The summed E-state index contributed by atoms with van der Waals surface area (Å²) in [6.07, 6.45) is -0.953. The lowest BCUT2D eigenvalue weighted by Gasteiger charge is -2.31. The van der Waals surface area contributed by atoms with Gasteiger partial charge in [0.25, 0.3) is 5.91 Å². The number of rotatable bonds is 6. The van der Waals surface area contributed by atoms with Gasteiger partial charge in [-0.2, -0.15) is 0 Å². The molecule has 6 heteroatoms. The average molecular weight is 369 g/mol. The Kier molecular flexibility index (Phi) is 5.64. The molecule has 0 bridgehead atoms. The van der Waals surface area contributed by atoms with E-state index in [1.165, 1.54) is 0 Å². The van der Waals surface area contributed by atoms with Crippen LogP contribution in [0.1, 0.15) is 18.1 Å². The van der Waals surface area contributed by atoms with Crippen molar-refractivity contribution >= 4 is 11.9 Å². The van der Waals surface area contributed by atoms with Gasteiger partial charge in [-0.3, -0.25) is 9.59 Å². The lowest BCUT2D eigenvalue weighted by molar-refractivity contribution is -0.142. The molecular weight excluding hydrogens is 346 g/mol. The first-order chi connectivity index (χ1) is 12.9. The summed E-state index contributed by atoms with van der Waals surface area (Å²) in [7, 11) is 0. The fourth-order valence-corrected chi connectivity index (χ4v) is 3.10. The minimum absolute atomic E-state index is 0.0241. The van der Waals surface area contributed by atoms with E-state index in [0.717, 1.165) is 11.1 Å². The standard InChI is InChI=1S/C21H23NO5/c1-13-6-5-7-15(10-13)11-16(21(24)25)12-22-20(23)19-14(2)26-17-8-3-4-9-18(17)27-19/h3-10,14,16,19H,11-12H2,1-2H3,(H,22,23)(H,24,25). The van der Waals surface area contributed by atoms with E-state index >= 15 is 0 Å². The van der Waals surface area contributed by atoms with E-state index in [4.69, 9.17) is 9.47 Å². The number of benzene rings is 2. The Hall–Kier alpha value is -3.02. The van der Waals surface area contributed by atoms with Gasteiger partial charge in [-0.1, -0.05) is 42.0 Å². The molecule has 2 aromatic rings. The molecule has 6 nitrogen and oxygen atoms in total. The number of hydrogen-bond acceptors (Lipinski definition) is 4. The van der Waals surface area contributed by atoms with Crippen LogP contribution >= 0.6 is 0 Å². The summed E-state index contributed by atoms with van der Waals surface area (Å²) < 4.78 is 11.5. The summed E-state index contributed by atoms with van der Waals surface area (Å²) in [5.74, 6) is -0.950. The van der Waals surface area contributed by atoms with Crippen molar-refractivity contribution in [3.8, 4) is 11.5 Å². The number of aliphatic carboxylic acids is 1. The largest absolute Gasteiger partial charge is 0.482 e. The van der Waals surface area contributed by atoms with Crippen LogP contribution in [0.15, 0.2) is 48.5 Å². The molecule has 0 aliphatic carbocycles. The van der Waals surface area contributed by atoms with Crippen molar-refractivity contribution < 1.29 is 24.2 Å². The summed E-state index contributed by atoms with van der Waals surface area (Å²) in [5.41, 5.74) is 2.00. The summed E-state index contributed by atoms with van der Waals surface area (Å²) >= 11 is 0. The average Bonchev–Trinajstić information content (AvgIpc) is 2.64. The van der Waals surface area contributed by atoms with Crippen molar-refractivity contribution in [2.45, 2.75) is 32.5 Å². The number of para-hydroxylation sites is 2. The molecule has 1 aliphatic rings. The van der Waals surface area contributed by atoms with Gasteiger partial charge < -0.3 is 19.9 Å². The first-order valence-corrected chi connectivity index (χ1v) is 8.92. The molecule has 2 N–H and O–H groups in total. The SMILES string of the molecule is Cc1cccc(CC(CNC(=O)C2Oc3ccccc3OC2C)C(=O)O)c1. The zero-order valence-corrected chi connectivity index (χ0v) is 15.3. The number of fused-ring (bicyclic) bond motifs is 1. The van der Waals surface area contributed by atoms with E-state index in [1.807, 2.05) is 37.3 Å². The Labute approximate surface area is 158 Å². The van der Waals surface area contributed by atoms with Crippen LogP contribution < -0.4 is 14.8 Å². The molecule has 0 saturated heterocycles. The number of aryl methyl sites for hydroxylation is 1. The second kappa shape index (κ2) is 8.12. The third kappa shape index (κ3) is 4.58. The number of carboxylic acids is 1. The van der Waals surface area contributed by atoms with Gasteiger partial charge >= 0.3 is 5.97 Å². The molecule has 27 heavy (non-hydrogen) atoms. The van der Waals surface area contributed by atoms with Crippen LogP contribution in [0.4, 0.5) is 0 Å². The molecule has 0 aromatic heterocycles. The molecule has 3 unspecified atom stereocenters. The normalized spacial score (nSPS) is 19.2. The molecule has 142 valence electrons. The molecule has 0 fully saturated rings. The van der Waals surface area contributed by atoms with Crippen LogP contribution in [0.3, 0.4) is 0 Å². The lowest BCUT2D eigenvalue weighted by Crippen LogP contribution is -2.50. The summed E-state index contributed by atoms with van der Waals surface area (Å²) in [6, 6.07) is 14.8. The number of amides is 1. The number of carbonyl (C=O) groups is 2. The van der Waals surface area contributed by atoms with E-state index in [9.17, 15) is 14.7 Å². The lowest BCUT2D eigenvalue weighted by atomic mass is 9.98. The number of nitrogens with one attached hydrogen (secondary N) is 1. The van der Waals surface area contributed by atoms with Gasteiger partial charge in [0.05, 0.1) is 5.92 Å². The van der Waals surface area contributed by atoms with Gasteiger partial charge in [0.15, 0.2) is 11.5 Å². The first-order valence-electron chi connectivity index (χ1n) is 8.92. The highest BCUT2D eigenvalue weighted by Crippen LogP contribution is 2.33. The van der Waals surface area contributed by atoms with Gasteiger partial charge in [0, 0.05) is 6.54 Å². The number of hydrogen-bond donors (Lipinski definition) is 2. The second-order valence-electron chi connectivity index (χ2n) is 6.78.